The van der Waals surface area contributed by atoms with Gasteiger partial charge in [0.05, 0.1) is 18.7 Å². The first-order chi connectivity index (χ1) is 17.1. The summed E-state index contributed by atoms with van der Waals surface area (Å²) in [5.74, 6) is -4.44. The highest BCUT2D eigenvalue weighted by molar-refractivity contribution is 7.80. The standard InChI is InChI=1S/C20H29N9O6S/c21-12(3-10-5-23-8-25-10)17(31)29-15(7-36)19(33)27-13(1-2-16(22)30)18(32)28-14(20(34)35)4-11-6-24-9-26-11/h5-6,8-9,12-15,36H,1-4,7,21H2,(H2,22,30)(H,23,25)(H,24,26)(H,27,33)(H,28,32)(H,29,31)(H,34,35). The molecule has 0 aliphatic heterocycles. The van der Waals surface area contributed by atoms with E-state index in [1.807, 2.05) is 0 Å². The van der Waals surface area contributed by atoms with Gasteiger partial charge in [0.2, 0.25) is 23.6 Å². The Labute approximate surface area is 211 Å². The minimum atomic E-state index is -1.34. The first kappa shape index (κ1) is 28.3. The van der Waals surface area contributed by atoms with E-state index in [0.717, 1.165) is 0 Å². The Morgan fingerprint density at radius 2 is 1.42 bits per heavy atom. The molecule has 16 heteroatoms. The molecule has 0 bridgehead atoms. The van der Waals surface area contributed by atoms with Crippen LogP contribution in [0, 0.1) is 0 Å². The molecule has 10 N–H and O–H groups in total. The highest BCUT2D eigenvalue weighted by Gasteiger charge is 2.30. The predicted octanol–water partition coefficient (Wildman–Crippen LogP) is -3.02. The van der Waals surface area contributed by atoms with Crippen molar-refractivity contribution in [2.24, 2.45) is 11.5 Å². The van der Waals surface area contributed by atoms with E-state index in [0.29, 0.717) is 11.4 Å². The van der Waals surface area contributed by atoms with E-state index in [2.05, 4.69) is 48.5 Å². The van der Waals surface area contributed by atoms with Crippen LogP contribution in [0.2, 0.25) is 0 Å². The summed E-state index contributed by atoms with van der Waals surface area (Å²) in [6.07, 6.45) is 5.30. The molecule has 0 aliphatic carbocycles. The average Bonchev–Trinajstić information content (AvgIpc) is 3.53. The molecule has 4 atom stereocenters. The molecule has 0 fully saturated rings. The van der Waals surface area contributed by atoms with Crippen molar-refractivity contribution in [1.29, 1.82) is 0 Å². The fourth-order valence-corrected chi connectivity index (χ4v) is 3.37. The molecule has 36 heavy (non-hydrogen) atoms. The predicted molar refractivity (Wildman–Crippen MR) is 128 cm³/mol. The van der Waals surface area contributed by atoms with Gasteiger partial charge in [0, 0.05) is 48.8 Å². The third-order valence-electron chi connectivity index (χ3n) is 5.05. The lowest BCUT2D eigenvalue weighted by atomic mass is 10.1. The number of carbonyl (C=O) groups is 5. The van der Waals surface area contributed by atoms with Crippen LogP contribution in [0.5, 0.6) is 0 Å². The number of nitrogens with one attached hydrogen (secondary N) is 5. The average molecular weight is 524 g/mol. The van der Waals surface area contributed by atoms with Crippen LogP contribution < -0.4 is 27.4 Å². The van der Waals surface area contributed by atoms with Crippen LogP contribution in [0.1, 0.15) is 24.2 Å². The van der Waals surface area contributed by atoms with Crippen LogP contribution in [0.4, 0.5) is 0 Å². The van der Waals surface area contributed by atoms with Crippen LogP contribution in [-0.2, 0) is 36.8 Å². The molecule has 0 aliphatic rings. The quantitative estimate of drug-likeness (QED) is 0.108. The number of primary amides is 1. The monoisotopic (exact) mass is 523 g/mol. The van der Waals surface area contributed by atoms with Crippen LogP contribution in [-0.4, -0.2) is 84.6 Å². The summed E-state index contributed by atoms with van der Waals surface area (Å²) in [5.41, 5.74) is 12.1. The molecule has 196 valence electrons. The van der Waals surface area contributed by atoms with Gasteiger partial charge in [-0.15, -0.1) is 0 Å². The Morgan fingerprint density at radius 1 is 0.889 bits per heavy atom. The number of carbonyl (C=O) groups excluding carboxylic acids is 4. The van der Waals surface area contributed by atoms with Gasteiger partial charge in [-0.1, -0.05) is 0 Å². The number of aliphatic carboxylic acids is 1. The summed E-state index contributed by atoms with van der Waals surface area (Å²) in [4.78, 5) is 74.2. The molecule has 2 aromatic rings. The zero-order valence-electron chi connectivity index (χ0n) is 19.1. The van der Waals surface area contributed by atoms with E-state index in [1.54, 1.807) is 0 Å². The van der Waals surface area contributed by atoms with E-state index in [9.17, 15) is 29.1 Å². The summed E-state index contributed by atoms with van der Waals surface area (Å²) >= 11 is 4.08. The summed E-state index contributed by atoms with van der Waals surface area (Å²) in [5, 5.41) is 16.7. The molecule has 0 radical (unpaired) electrons. The van der Waals surface area contributed by atoms with Crippen molar-refractivity contribution < 1.29 is 29.1 Å². The molecule has 2 heterocycles. The van der Waals surface area contributed by atoms with Crippen molar-refractivity contribution in [2.45, 2.75) is 49.9 Å². The second-order valence-corrected chi connectivity index (χ2v) is 8.24. The number of carboxylic acid groups (broad SMARTS) is 1. The smallest absolute Gasteiger partial charge is 0.326 e. The molecule has 15 nitrogen and oxygen atoms in total. The summed E-state index contributed by atoms with van der Waals surface area (Å²) < 4.78 is 0. The van der Waals surface area contributed by atoms with Crippen molar-refractivity contribution in [2.75, 3.05) is 5.75 Å². The fourth-order valence-electron chi connectivity index (χ4n) is 3.12. The van der Waals surface area contributed by atoms with Gasteiger partial charge in [-0.25, -0.2) is 14.8 Å². The van der Waals surface area contributed by atoms with Gasteiger partial charge >= 0.3 is 5.97 Å². The van der Waals surface area contributed by atoms with Gasteiger partial charge in [0.25, 0.3) is 0 Å². The molecule has 2 aromatic heterocycles. The zero-order chi connectivity index (χ0) is 26.7. The SMILES string of the molecule is NC(=O)CCC(NC(=O)C(CS)NC(=O)C(N)Cc1cnc[nH]1)C(=O)NC(Cc1cnc[nH]1)C(=O)O. The number of nitrogens with two attached hydrogens (primary N) is 2. The number of rotatable bonds is 15. The van der Waals surface area contributed by atoms with Gasteiger partial charge in [-0.05, 0) is 6.42 Å². The molecule has 0 saturated carbocycles. The lowest BCUT2D eigenvalue weighted by Gasteiger charge is -2.24. The largest absolute Gasteiger partial charge is 0.480 e. The van der Waals surface area contributed by atoms with Crippen LogP contribution in [0.15, 0.2) is 25.0 Å². The molecule has 2 rings (SSSR count). The third kappa shape index (κ3) is 9.03. The van der Waals surface area contributed by atoms with Crippen molar-refractivity contribution >= 4 is 42.2 Å². The second-order valence-electron chi connectivity index (χ2n) is 7.88. The van der Waals surface area contributed by atoms with Crippen LogP contribution in [0.25, 0.3) is 0 Å². The fraction of sp³-hybridized carbons (Fsp3) is 0.450. The Hall–Kier alpha value is -3.92. The maximum atomic E-state index is 12.9. The topological polar surface area (TPSA) is 251 Å². The summed E-state index contributed by atoms with van der Waals surface area (Å²) in [6.45, 7) is 0. The Bertz CT molecular complexity index is 1030. The highest BCUT2D eigenvalue weighted by Crippen LogP contribution is 2.04. The van der Waals surface area contributed by atoms with E-state index in [1.165, 1.54) is 25.0 Å². The lowest BCUT2D eigenvalue weighted by molar-refractivity contribution is -0.142. The number of thiol groups is 1. The lowest BCUT2D eigenvalue weighted by Crippen LogP contribution is -2.58. The first-order valence-electron chi connectivity index (χ1n) is 10.8. The Morgan fingerprint density at radius 3 is 1.92 bits per heavy atom. The molecule has 4 unspecified atom stereocenters. The van der Waals surface area contributed by atoms with Crippen molar-refractivity contribution in [3.05, 3.63) is 36.4 Å². The molecule has 0 saturated heterocycles. The molecule has 0 spiro atoms. The van der Waals surface area contributed by atoms with Crippen molar-refractivity contribution in [3.8, 4) is 0 Å². The molecule has 0 aromatic carbocycles. The van der Waals surface area contributed by atoms with E-state index in [4.69, 9.17) is 11.5 Å². The second kappa shape index (κ2) is 13.8. The van der Waals surface area contributed by atoms with Crippen molar-refractivity contribution in [1.82, 2.24) is 35.9 Å². The zero-order valence-corrected chi connectivity index (χ0v) is 20.0. The molecule has 4 amide bonds. The number of aromatic nitrogens is 4. The normalized spacial score (nSPS) is 14.2. The third-order valence-corrected chi connectivity index (χ3v) is 5.42. The number of nitrogens with zero attached hydrogens (tertiary/aromatic N) is 2. The van der Waals surface area contributed by atoms with Gasteiger partial charge in [-0.2, -0.15) is 12.6 Å². The highest BCUT2D eigenvalue weighted by atomic mass is 32.1. The minimum absolute atomic E-state index is 0.0961. The van der Waals surface area contributed by atoms with Crippen molar-refractivity contribution in [3.63, 3.8) is 0 Å². The minimum Gasteiger partial charge on any atom is -0.480 e. The van der Waals surface area contributed by atoms with E-state index >= 15 is 0 Å². The van der Waals surface area contributed by atoms with Gasteiger partial charge in [0.15, 0.2) is 0 Å². The number of hydrogen-bond acceptors (Lipinski definition) is 9. The summed E-state index contributed by atoms with van der Waals surface area (Å²) in [6, 6.07) is -4.82. The molecular formula is C20H29N9O6S. The summed E-state index contributed by atoms with van der Waals surface area (Å²) in [7, 11) is 0. The Balaban J connectivity index is 2.04. The maximum absolute atomic E-state index is 12.9. The Kier molecular flexibility index (Phi) is 10.9. The number of H-pyrrole nitrogens is 2. The van der Waals surface area contributed by atoms with Gasteiger partial charge in [-0.3, -0.25) is 19.2 Å². The van der Waals surface area contributed by atoms with E-state index < -0.39 is 53.8 Å². The van der Waals surface area contributed by atoms with E-state index in [-0.39, 0.29) is 31.4 Å². The molecular weight excluding hydrogens is 494 g/mol. The van der Waals surface area contributed by atoms with Gasteiger partial charge in [0.1, 0.15) is 18.1 Å². The number of aromatic amines is 2. The van der Waals surface area contributed by atoms with Crippen LogP contribution >= 0.6 is 12.6 Å². The number of amides is 4. The van der Waals surface area contributed by atoms with Crippen LogP contribution in [0.3, 0.4) is 0 Å². The number of carboxylic acids is 1. The van der Waals surface area contributed by atoms with Gasteiger partial charge < -0.3 is 42.5 Å². The first-order valence-corrected chi connectivity index (χ1v) is 11.5. The number of imidazole rings is 2. The maximum Gasteiger partial charge on any atom is 0.326 e. The number of hydrogen-bond donors (Lipinski definition) is 9.